The lowest BCUT2D eigenvalue weighted by atomic mass is 10.1. The first-order valence-corrected chi connectivity index (χ1v) is 7.76. The molecule has 2 fully saturated rings. The van der Waals surface area contributed by atoms with Crippen molar-refractivity contribution in [1.29, 1.82) is 0 Å². The molecule has 0 aromatic carbocycles. The fourth-order valence-corrected chi connectivity index (χ4v) is 2.50. The van der Waals surface area contributed by atoms with Gasteiger partial charge in [-0.15, -0.1) is 0 Å². The number of halogens is 3. The first kappa shape index (κ1) is 14.5. The van der Waals surface area contributed by atoms with Gasteiger partial charge in [0.25, 0.3) is 0 Å². The number of aromatic amines is 1. The maximum atomic E-state index is 12.7. The van der Waals surface area contributed by atoms with E-state index in [0.29, 0.717) is 24.1 Å². The molecular formula is C16H16F3N3O. The molecule has 0 bridgehead atoms. The van der Waals surface area contributed by atoms with Crippen LogP contribution in [0.1, 0.15) is 42.9 Å². The van der Waals surface area contributed by atoms with Crippen LogP contribution >= 0.6 is 0 Å². The molecule has 0 aliphatic heterocycles. The molecule has 23 heavy (non-hydrogen) atoms. The van der Waals surface area contributed by atoms with Crippen LogP contribution in [0.3, 0.4) is 0 Å². The highest BCUT2D eigenvalue weighted by Crippen LogP contribution is 2.45. The standard InChI is InChI=1S/C16H16F3N3O/c17-16(18,19)15-6-13(21-22-15)12-5-14(23-8-9-1-2-9)11(7-20-12)10-3-4-10/h5-7,9-10H,1-4,8H2,(H,21,22). The Morgan fingerprint density at radius 3 is 2.52 bits per heavy atom. The number of nitrogens with one attached hydrogen (secondary N) is 1. The number of nitrogens with zero attached hydrogens (tertiary/aromatic N) is 2. The zero-order valence-electron chi connectivity index (χ0n) is 12.4. The summed E-state index contributed by atoms with van der Waals surface area (Å²) in [5.74, 6) is 1.82. The lowest BCUT2D eigenvalue weighted by Gasteiger charge is -2.11. The van der Waals surface area contributed by atoms with Crippen molar-refractivity contribution in [3.05, 3.63) is 29.6 Å². The van der Waals surface area contributed by atoms with E-state index in [9.17, 15) is 13.2 Å². The molecule has 1 N–H and O–H groups in total. The molecule has 2 aromatic heterocycles. The first-order chi connectivity index (χ1) is 11.0. The largest absolute Gasteiger partial charge is 0.493 e. The summed E-state index contributed by atoms with van der Waals surface area (Å²) in [7, 11) is 0. The minimum Gasteiger partial charge on any atom is -0.493 e. The van der Waals surface area contributed by atoms with Crippen LogP contribution in [0.4, 0.5) is 13.2 Å². The maximum Gasteiger partial charge on any atom is 0.432 e. The van der Waals surface area contributed by atoms with Gasteiger partial charge in [-0.25, -0.2) is 0 Å². The molecule has 2 aliphatic rings. The summed E-state index contributed by atoms with van der Waals surface area (Å²) < 4.78 is 43.9. The third-order valence-electron chi connectivity index (χ3n) is 4.23. The van der Waals surface area contributed by atoms with Gasteiger partial charge in [-0.2, -0.15) is 18.3 Å². The molecule has 2 heterocycles. The van der Waals surface area contributed by atoms with Crippen molar-refractivity contribution >= 4 is 0 Å². The second-order valence-electron chi connectivity index (χ2n) is 6.30. The van der Waals surface area contributed by atoms with Gasteiger partial charge in [-0.05, 0) is 43.6 Å². The van der Waals surface area contributed by atoms with Gasteiger partial charge in [0, 0.05) is 17.8 Å². The van der Waals surface area contributed by atoms with Gasteiger partial charge in [0.05, 0.1) is 12.3 Å². The number of H-pyrrole nitrogens is 1. The molecule has 4 rings (SSSR count). The van der Waals surface area contributed by atoms with Crippen LogP contribution in [-0.2, 0) is 6.18 Å². The molecule has 0 spiro atoms. The molecule has 2 saturated carbocycles. The van der Waals surface area contributed by atoms with E-state index in [0.717, 1.165) is 30.2 Å². The second kappa shape index (κ2) is 5.25. The van der Waals surface area contributed by atoms with Crippen molar-refractivity contribution in [2.45, 2.75) is 37.8 Å². The molecule has 0 atom stereocenters. The van der Waals surface area contributed by atoms with E-state index in [1.54, 1.807) is 12.3 Å². The third kappa shape index (κ3) is 3.18. The smallest absolute Gasteiger partial charge is 0.432 e. The zero-order chi connectivity index (χ0) is 16.0. The highest BCUT2D eigenvalue weighted by atomic mass is 19.4. The van der Waals surface area contributed by atoms with Crippen molar-refractivity contribution in [2.24, 2.45) is 5.92 Å². The molecule has 7 heteroatoms. The molecule has 122 valence electrons. The fraction of sp³-hybridized carbons (Fsp3) is 0.500. The molecule has 0 radical (unpaired) electrons. The zero-order valence-corrected chi connectivity index (χ0v) is 12.4. The second-order valence-corrected chi connectivity index (χ2v) is 6.30. The Hall–Kier alpha value is -2.05. The summed E-state index contributed by atoms with van der Waals surface area (Å²) in [6.45, 7) is 0.664. The Labute approximate surface area is 131 Å². The number of alkyl halides is 3. The van der Waals surface area contributed by atoms with Crippen molar-refractivity contribution < 1.29 is 17.9 Å². The fourth-order valence-electron chi connectivity index (χ4n) is 2.50. The van der Waals surface area contributed by atoms with Crippen LogP contribution in [-0.4, -0.2) is 21.8 Å². The van der Waals surface area contributed by atoms with E-state index < -0.39 is 11.9 Å². The summed E-state index contributed by atoms with van der Waals surface area (Å²) in [6, 6.07) is 2.69. The highest BCUT2D eigenvalue weighted by Gasteiger charge is 2.34. The van der Waals surface area contributed by atoms with Gasteiger partial charge in [0.15, 0.2) is 0 Å². The molecule has 0 amide bonds. The summed E-state index contributed by atoms with van der Waals surface area (Å²) in [6.07, 6.45) is 1.88. The molecular weight excluding hydrogens is 307 g/mol. The third-order valence-corrected chi connectivity index (χ3v) is 4.23. The van der Waals surface area contributed by atoms with Crippen LogP contribution < -0.4 is 4.74 Å². The number of hydrogen-bond donors (Lipinski definition) is 1. The minimum atomic E-state index is -4.44. The number of rotatable bonds is 5. The van der Waals surface area contributed by atoms with Crippen molar-refractivity contribution in [3.8, 4) is 17.1 Å². The van der Waals surface area contributed by atoms with Gasteiger partial charge in [-0.1, -0.05) is 0 Å². The van der Waals surface area contributed by atoms with Crippen molar-refractivity contribution in [1.82, 2.24) is 15.2 Å². The lowest BCUT2D eigenvalue weighted by Crippen LogP contribution is -2.04. The summed E-state index contributed by atoms with van der Waals surface area (Å²) in [5, 5.41) is 5.75. The van der Waals surface area contributed by atoms with E-state index in [1.807, 2.05) is 5.10 Å². The monoisotopic (exact) mass is 323 g/mol. The van der Waals surface area contributed by atoms with E-state index in [-0.39, 0.29) is 5.69 Å². The lowest BCUT2D eigenvalue weighted by molar-refractivity contribution is -0.141. The predicted octanol–water partition coefficient (Wildman–Crippen LogP) is 4.16. The van der Waals surface area contributed by atoms with Crippen molar-refractivity contribution in [3.63, 3.8) is 0 Å². The van der Waals surface area contributed by atoms with Gasteiger partial charge < -0.3 is 4.74 Å². The summed E-state index contributed by atoms with van der Waals surface area (Å²) in [4.78, 5) is 4.28. The van der Waals surface area contributed by atoms with E-state index in [4.69, 9.17) is 4.74 Å². The Balaban J connectivity index is 1.62. The highest BCUT2D eigenvalue weighted by molar-refractivity contribution is 5.58. The summed E-state index contributed by atoms with van der Waals surface area (Å²) in [5.41, 5.74) is 0.755. The number of ether oxygens (including phenoxy) is 1. The SMILES string of the molecule is FC(F)(F)c1cc(-c2cc(OCC3CC3)c(C3CC3)cn2)n[nH]1. The number of aromatic nitrogens is 3. The molecule has 2 aromatic rings. The Bertz CT molecular complexity index is 718. The molecule has 4 nitrogen and oxygen atoms in total. The van der Waals surface area contributed by atoms with Gasteiger partial charge in [0.1, 0.15) is 17.1 Å². The number of pyridine rings is 1. The van der Waals surface area contributed by atoms with Crippen molar-refractivity contribution in [2.75, 3.05) is 6.61 Å². The van der Waals surface area contributed by atoms with Crippen LogP contribution in [0.25, 0.3) is 11.4 Å². The molecule has 2 aliphatic carbocycles. The normalized spacial score (nSPS) is 18.2. The Morgan fingerprint density at radius 1 is 1.13 bits per heavy atom. The molecule has 0 unspecified atom stereocenters. The van der Waals surface area contributed by atoms with Crippen LogP contribution in [0.5, 0.6) is 5.75 Å². The van der Waals surface area contributed by atoms with Gasteiger partial charge in [-0.3, -0.25) is 10.1 Å². The van der Waals surface area contributed by atoms with Crippen LogP contribution in [0, 0.1) is 5.92 Å². The quantitative estimate of drug-likeness (QED) is 0.899. The Kier molecular flexibility index (Phi) is 3.32. The topological polar surface area (TPSA) is 50.8 Å². The van der Waals surface area contributed by atoms with E-state index in [1.165, 1.54) is 12.8 Å². The van der Waals surface area contributed by atoms with E-state index >= 15 is 0 Å². The average molecular weight is 323 g/mol. The van der Waals surface area contributed by atoms with Crippen LogP contribution in [0.2, 0.25) is 0 Å². The van der Waals surface area contributed by atoms with Crippen LogP contribution in [0.15, 0.2) is 18.3 Å². The van der Waals surface area contributed by atoms with Gasteiger partial charge in [0.2, 0.25) is 0 Å². The van der Waals surface area contributed by atoms with E-state index in [2.05, 4.69) is 10.1 Å². The first-order valence-electron chi connectivity index (χ1n) is 7.76. The minimum absolute atomic E-state index is 0.177. The number of hydrogen-bond acceptors (Lipinski definition) is 3. The average Bonchev–Trinajstić information content (AvgIpc) is 3.43. The predicted molar refractivity (Wildman–Crippen MR) is 77.0 cm³/mol. The Morgan fingerprint density at radius 2 is 1.91 bits per heavy atom. The molecule has 0 saturated heterocycles. The van der Waals surface area contributed by atoms with Gasteiger partial charge >= 0.3 is 6.18 Å². The maximum absolute atomic E-state index is 12.7. The summed E-state index contributed by atoms with van der Waals surface area (Å²) >= 11 is 0.